The van der Waals surface area contributed by atoms with Crippen LogP contribution in [0.25, 0.3) is 0 Å². The minimum absolute atomic E-state index is 0.296. The molecule has 2 aromatic rings. The first-order chi connectivity index (χ1) is 11.5. The fourth-order valence-electron chi connectivity index (χ4n) is 2.91. The Balaban J connectivity index is 1.72. The number of rotatable bonds is 4. The molecule has 0 unspecified atom stereocenters. The summed E-state index contributed by atoms with van der Waals surface area (Å²) >= 11 is 6.24. The maximum atomic E-state index is 12.7. The Hall–Kier alpha value is -1.60. The van der Waals surface area contributed by atoms with Crippen molar-refractivity contribution in [3.63, 3.8) is 0 Å². The van der Waals surface area contributed by atoms with Crippen LogP contribution in [0.2, 0.25) is 5.02 Å². The van der Waals surface area contributed by atoms with Crippen LogP contribution >= 0.6 is 11.6 Å². The SMILES string of the molecule is COc1ccc(S(=O)(=O)N2CC[NH+](c3ccccc3Cl)CC2)cc1. The Bertz CT molecular complexity index is 801. The van der Waals surface area contributed by atoms with Crippen molar-refractivity contribution >= 4 is 27.3 Å². The molecule has 0 amide bonds. The lowest BCUT2D eigenvalue weighted by molar-refractivity contribution is -0.837. The van der Waals surface area contributed by atoms with E-state index in [0.717, 1.165) is 10.7 Å². The molecular weight excluding hydrogens is 348 g/mol. The van der Waals surface area contributed by atoms with Crippen LogP contribution in [0.1, 0.15) is 0 Å². The summed E-state index contributed by atoms with van der Waals surface area (Å²) < 4.78 is 32.1. The average Bonchev–Trinajstić information content (AvgIpc) is 2.62. The summed E-state index contributed by atoms with van der Waals surface area (Å²) in [6.07, 6.45) is 0. The van der Waals surface area contributed by atoms with Gasteiger partial charge < -0.3 is 4.74 Å². The largest absolute Gasteiger partial charge is 0.497 e. The molecule has 5 nitrogen and oxygen atoms in total. The number of nitrogens with one attached hydrogen (secondary N) is 1. The number of methoxy groups -OCH3 is 1. The molecule has 0 atom stereocenters. The van der Waals surface area contributed by atoms with Gasteiger partial charge in [0.15, 0.2) is 0 Å². The monoisotopic (exact) mass is 367 g/mol. The van der Waals surface area contributed by atoms with Crippen molar-refractivity contribution in [2.45, 2.75) is 4.90 Å². The Kier molecular flexibility index (Phi) is 5.10. The van der Waals surface area contributed by atoms with E-state index in [1.54, 1.807) is 31.4 Å². The van der Waals surface area contributed by atoms with Crippen molar-refractivity contribution in [1.82, 2.24) is 4.31 Å². The molecule has 1 aliphatic rings. The first-order valence-electron chi connectivity index (χ1n) is 7.76. The normalized spacial score (nSPS) is 16.9. The fourth-order valence-corrected chi connectivity index (χ4v) is 4.62. The minimum atomic E-state index is -3.47. The van der Waals surface area contributed by atoms with Crippen molar-refractivity contribution in [2.24, 2.45) is 0 Å². The van der Waals surface area contributed by atoms with E-state index in [0.29, 0.717) is 36.8 Å². The highest BCUT2D eigenvalue weighted by Gasteiger charge is 2.31. The van der Waals surface area contributed by atoms with Gasteiger partial charge in [-0.05, 0) is 30.3 Å². The van der Waals surface area contributed by atoms with Crippen LogP contribution in [0, 0.1) is 0 Å². The molecule has 0 aliphatic carbocycles. The number of nitrogens with zero attached hydrogens (tertiary/aromatic N) is 1. The van der Waals surface area contributed by atoms with E-state index in [4.69, 9.17) is 16.3 Å². The molecule has 7 heteroatoms. The summed E-state index contributed by atoms with van der Waals surface area (Å²) in [6, 6.07) is 14.2. The quantitative estimate of drug-likeness (QED) is 0.892. The molecule has 1 saturated heterocycles. The second-order valence-corrected chi connectivity index (χ2v) is 8.01. The van der Waals surface area contributed by atoms with Crippen LogP contribution in [0.3, 0.4) is 0 Å². The molecule has 0 bridgehead atoms. The molecule has 1 heterocycles. The van der Waals surface area contributed by atoms with Crippen molar-refractivity contribution < 1.29 is 18.1 Å². The van der Waals surface area contributed by atoms with Crippen molar-refractivity contribution in [3.8, 4) is 5.75 Å². The number of hydrogen-bond acceptors (Lipinski definition) is 3. The van der Waals surface area contributed by atoms with Crippen molar-refractivity contribution in [2.75, 3.05) is 33.3 Å². The third kappa shape index (κ3) is 3.42. The van der Waals surface area contributed by atoms with E-state index in [-0.39, 0.29) is 0 Å². The number of quaternary nitrogens is 1. The Morgan fingerprint density at radius 2 is 1.67 bits per heavy atom. The van der Waals surface area contributed by atoms with Crippen LogP contribution in [0.5, 0.6) is 5.75 Å². The van der Waals surface area contributed by atoms with Gasteiger partial charge in [0.1, 0.15) is 16.5 Å². The van der Waals surface area contributed by atoms with E-state index in [2.05, 4.69) is 0 Å². The highest BCUT2D eigenvalue weighted by Crippen LogP contribution is 2.20. The highest BCUT2D eigenvalue weighted by molar-refractivity contribution is 7.89. The second kappa shape index (κ2) is 7.11. The van der Waals surface area contributed by atoms with Gasteiger partial charge in [0, 0.05) is 6.07 Å². The lowest BCUT2D eigenvalue weighted by Crippen LogP contribution is -3.10. The van der Waals surface area contributed by atoms with Gasteiger partial charge in [-0.25, -0.2) is 8.42 Å². The zero-order valence-corrected chi connectivity index (χ0v) is 15.0. The maximum Gasteiger partial charge on any atom is 0.243 e. The van der Waals surface area contributed by atoms with Gasteiger partial charge in [-0.15, -0.1) is 0 Å². The predicted octanol–water partition coefficient (Wildman–Crippen LogP) is 1.57. The van der Waals surface area contributed by atoms with Gasteiger partial charge >= 0.3 is 0 Å². The van der Waals surface area contributed by atoms with Gasteiger partial charge in [-0.3, -0.25) is 4.90 Å². The van der Waals surface area contributed by atoms with E-state index >= 15 is 0 Å². The fraction of sp³-hybridized carbons (Fsp3) is 0.294. The third-order valence-electron chi connectivity index (χ3n) is 4.28. The van der Waals surface area contributed by atoms with Crippen LogP contribution in [0.4, 0.5) is 5.69 Å². The smallest absolute Gasteiger partial charge is 0.243 e. The zero-order valence-electron chi connectivity index (χ0n) is 13.4. The van der Waals surface area contributed by atoms with Crippen LogP contribution in [-0.4, -0.2) is 46.0 Å². The molecular formula is C17H20ClN2O3S+. The van der Waals surface area contributed by atoms with Crippen molar-refractivity contribution in [3.05, 3.63) is 53.6 Å². The van der Waals surface area contributed by atoms with E-state index in [1.165, 1.54) is 9.21 Å². The summed E-state index contributed by atoms with van der Waals surface area (Å²) in [5.41, 5.74) is 1.03. The topological polar surface area (TPSA) is 51.1 Å². The predicted molar refractivity (Wildman–Crippen MR) is 93.6 cm³/mol. The van der Waals surface area contributed by atoms with Crippen LogP contribution < -0.4 is 9.64 Å². The van der Waals surface area contributed by atoms with Gasteiger partial charge in [-0.1, -0.05) is 23.7 Å². The number of benzene rings is 2. The van der Waals surface area contributed by atoms with Crippen molar-refractivity contribution in [1.29, 1.82) is 0 Å². The molecule has 2 aromatic carbocycles. The van der Waals surface area contributed by atoms with Gasteiger partial charge in [0.25, 0.3) is 0 Å². The molecule has 0 saturated carbocycles. The molecule has 24 heavy (non-hydrogen) atoms. The number of halogens is 1. The second-order valence-electron chi connectivity index (χ2n) is 5.66. The molecule has 128 valence electrons. The van der Waals surface area contributed by atoms with Gasteiger partial charge in [-0.2, -0.15) is 4.31 Å². The first kappa shape index (κ1) is 17.2. The number of sulfonamides is 1. The Morgan fingerprint density at radius 1 is 1.04 bits per heavy atom. The third-order valence-corrected chi connectivity index (χ3v) is 6.52. The highest BCUT2D eigenvalue weighted by atomic mass is 35.5. The lowest BCUT2D eigenvalue weighted by Gasteiger charge is -2.31. The number of piperazine rings is 1. The lowest BCUT2D eigenvalue weighted by atomic mass is 10.2. The first-order valence-corrected chi connectivity index (χ1v) is 9.58. The number of ether oxygens (including phenoxy) is 1. The number of hydrogen-bond donors (Lipinski definition) is 1. The maximum absolute atomic E-state index is 12.7. The zero-order chi connectivity index (χ0) is 17.2. The van der Waals surface area contributed by atoms with Gasteiger partial charge in [0.05, 0.1) is 38.2 Å². The molecule has 1 N–H and O–H groups in total. The molecule has 0 spiro atoms. The van der Waals surface area contributed by atoms with Crippen LogP contribution in [0.15, 0.2) is 53.4 Å². The Morgan fingerprint density at radius 3 is 2.25 bits per heavy atom. The molecule has 1 aliphatic heterocycles. The van der Waals surface area contributed by atoms with Crippen LogP contribution in [-0.2, 0) is 10.0 Å². The summed E-state index contributed by atoms with van der Waals surface area (Å²) in [5, 5.41) is 0.721. The molecule has 1 fully saturated rings. The average molecular weight is 368 g/mol. The summed E-state index contributed by atoms with van der Waals surface area (Å²) in [4.78, 5) is 1.51. The Labute approximate surface area is 147 Å². The standard InChI is InChI=1S/C17H19ClN2O3S/c1-23-14-6-8-15(9-7-14)24(21,22)20-12-10-19(11-13-20)17-5-3-2-4-16(17)18/h2-9H,10-13H2,1H3/p+1. The van der Waals surface area contributed by atoms with E-state index in [1.807, 2.05) is 24.3 Å². The molecule has 0 aromatic heterocycles. The minimum Gasteiger partial charge on any atom is -0.497 e. The summed E-state index contributed by atoms with van der Waals surface area (Å²) in [5.74, 6) is 0.641. The molecule has 3 rings (SSSR count). The van der Waals surface area contributed by atoms with E-state index < -0.39 is 10.0 Å². The molecule has 0 radical (unpaired) electrons. The van der Waals surface area contributed by atoms with E-state index in [9.17, 15) is 8.42 Å². The summed E-state index contributed by atoms with van der Waals surface area (Å²) in [7, 11) is -1.92. The number of para-hydroxylation sites is 1. The van der Waals surface area contributed by atoms with Gasteiger partial charge in [0.2, 0.25) is 10.0 Å². The summed E-state index contributed by atoms with van der Waals surface area (Å²) in [6.45, 7) is 2.32.